The van der Waals surface area contributed by atoms with Gasteiger partial charge in [-0.3, -0.25) is 4.98 Å². The lowest BCUT2D eigenvalue weighted by Gasteiger charge is -1.96. The fourth-order valence-corrected chi connectivity index (χ4v) is 1.68. The van der Waals surface area contributed by atoms with Crippen molar-refractivity contribution < 1.29 is 0 Å². The van der Waals surface area contributed by atoms with Crippen LogP contribution in [0.25, 0.3) is 0 Å². The quantitative estimate of drug-likeness (QED) is 0.831. The van der Waals surface area contributed by atoms with Crippen molar-refractivity contribution in [3.8, 4) is 0 Å². The van der Waals surface area contributed by atoms with E-state index in [-0.39, 0.29) is 0 Å². The van der Waals surface area contributed by atoms with Gasteiger partial charge >= 0.3 is 0 Å². The second-order valence-corrected chi connectivity index (χ2v) is 3.78. The maximum atomic E-state index is 5.58. The molecule has 4 nitrogen and oxygen atoms in total. The second kappa shape index (κ2) is 4.90. The number of hydrogen-bond acceptors (Lipinski definition) is 3. The summed E-state index contributed by atoms with van der Waals surface area (Å²) >= 11 is 0. The fourth-order valence-electron chi connectivity index (χ4n) is 1.68. The van der Waals surface area contributed by atoms with Gasteiger partial charge in [0.25, 0.3) is 0 Å². The molecule has 2 rings (SSSR count). The molecule has 0 spiro atoms. The number of aryl methyl sites for hydroxylation is 3. The minimum absolute atomic E-state index is 0.486. The molecule has 2 aromatic rings. The number of aromatic nitrogens is 3. The summed E-state index contributed by atoms with van der Waals surface area (Å²) in [5.74, 6) is 0.927. The monoisotopic (exact) mass is 216 g/mol. The van der Waals surface area contributed by atoms with Crippen LogP contribution in [0.4, 0.5) is 0 Å². The number of nitrogens with two attached hydrogens (primary N) is 1. The maximum absolute atomic E-state index is 5.58. The molecule has 0 fully saturated rings. The van der Waals surface area contributed by atoms with Crippen molar-refractivity contribution in [3.63, 3.8) is 0 Å². The average molecular weight is 216 g/mol. The molecule has 0 aliphatic heterocycles. The van der Waals surface area contributed by atoms with E-state index < -0.39 is 0 Å². The predicted octanol–water partition coefficient (Wildman–Crippen LogP) is 1.06. The normalized spacial score (nSPS) is 10.6. The Hall–Kier alpha value is -1.68. The Labute approximate surface area is 95.1 Å². The summed E-state index contributed by atoms with van der Waals surface area (Å²) in [6.07, 6.45) is 5.68. The van der Waals surface area contributed by atoms with Gasteiger partial charge in [0.2, 0.25) is 0 Å². The summed E-state index contributed by atoms with van der Waals surface area (Å²) < 4.78 is 1.98. The molecule has 0 unspecified atom stereocenters. The van der Waals surface area contributed by atoms with Crippen LogP contribution in [-0.4, -0.2) is 14.5 Å². The summed E-state index contributed by atoms with van der Waals surface area (Å²) in [6.45, 7) is 0.486. The van der Waals surface area contributed by atoms with E-state index in [2.05, 4.69) is 9.97 Å². The molecule has 16 heavy (non-hydrogen) atoms. The molecule has 2 N–H and O–H groups in total. The number of rotatable bonds is 4. The van der Waals surface area contributed by atoms with Crippen LogP contribution in [-0.2, 0) is 26.4 Å². The third-order valence-corrected chi connectivity index (χ3v) is 2.57. The lowest BCUT2D eigenvalue weighted by Crippen LogP contribution is -2.03. The molecule has 0 aliphatic carbocycles. The van der Waals surface area contributed by atoms with Crippen molar-refractivity contribution >= 4 is 0 Å². The molecule has 2 aromatic heterocycles. The van der Waals surface area contributed by atoms with E-state index in [1.165, 1.54) is 0 Å². The van der Waals surface area contributed by atoms with Crippen LogP contribution in [0.2, 0.25) is 0 Å². The molecule has 0 amide bonds. The zero-order valence-corrected chi connectivity index (χ0v) is 9.43. The Bertz CT molecular complexity index is 447. The topological polar surface area (TPSA) is 56.7 Å². The first-order valence-corrected chi connectivity index (χ1v) is 5.40. The van der Waals surface area contributed by atoms with Crippen LogP contribution in [0.3, 0.4) is 0 Å². The van der Waals surface area contributed by atoms with Gasteiger partial charge in [-0.15, -0.1) is 0 Å². The highest BCUT2D eigenvalue weighted by Gasteiger charge is 2.03. The Morgan fingerprint density at radius 3 is 2.69 bits per heavy atom. The summed E-state index contributed by atoms with van der Waals surface area (Å²) in [5.41, 5.74) is 7.75. The molecule has 0 saturated heterocycles. The Morgan fingerprint density at radius 1 is 1.25 bits per heavy atom. The molecule has 0 bridgehead atoms. The van der Waals surface area contributed by atoms with Crippen molar-refractivity contribution in [2.24, 2.45) is 12.8 Å². The van der Waals surface area contributed by atoms with Crippen molar-refractivity contribution in [2.75, 3.05) is 0 Å². The molecule has 4 heteroatoms. The van der Waals surface area contributed by atoms with Gasteiger partial charge in [-0.05, 0) is 25.0 Å². The van der Waals surface area contributed by atoms with E-state index in [0.717, 1.165) is 30.1 Å². The summed E-state index contributed by atoms with van der Waals surface area (Å²) in [4.78, 5) is 8.74. The SMILES string of the molecule is Cn1cc(CCc2ccccn2)nc1CN. The minimum atomic E-state index is 0.486. The van der Waals surface area contributed by atoms with E-state index in [9.17, 15) is 0 Å². The van der Waals surface area contributed by atoms with Gasteiger partial charge in [-0.25, -0.2) is 4.98 Å². The van der Waals surface area contributed by atoms with Crippen molar-refractivity contribution in [3.05, 3.63) is 47.8 Å². The van der Waals surface area contributed by atoms with Crippen LogP contribution >= 0.6 is 0 Å². The van der Waals surface area contributed by atoms with E-state index in [1.807, 2.05) is 42.2 Å². The highest BCUT2D eigenvalue weighted by molar-refractivity contribution is 5.09. The highest BCUT2D eigenvalue weighted by Crippen LogP contribution is 2.05. The predicted molar refractivity (Wildman–Crippen MR) is 62.7 cm³/mol. The van der Waals surface area contributed by atoms with E-state index in [0.29, 0.717) is 6.54 Å². The summed E-state index contributed by atoms with van der Waals surface area (Å²) in [5, 5.41) is 0. The third kappa shape index (κ3) is 2.46. The molecular formula is C12H16N4. The Kier molecular flexibility index (Phi) is 3.31. The van der Waals surface area contributed by atoms with Gasteiger partial charge in [0.15, 0.2) is 0 Å². The van der Waals surface area contributed by atoms with Crippen molar-refractivity contribution in [1.29, 1.82) is 0 Å². The lowest BCUT2D eigenvalue weighted by atomic mass is 10.2. The van der Waals surface area contributed by atoms with Gasteiger partial charge < -0.3 is 10.3 Å². The maximum Gasteiger partial charge on any atom is 0.122 e. The van der Waals surface area contributed by atoms with E-state index in [4.69, 9.17) is 5.73 Å². The largest absolute Gasteiger partial charge is 0.337 e. The van der Waals surface area contributed by atoms with Crippen LogP contribution in [0.5, 0.6) is 0 Å². The van der Waals surface area contributed by atoms with Crippen molar-refractivity contribution in [2.45, 2.75) is 19.4 Å². The zero-order chi connectivity index (χ0) is 11.4. The minimum Gasteiger partial charge on any atom is -0.337 e. The van der Waals surface area contributed by atoms with Crippen LogP contribution in [0.15, 0.2) is 30.6 Å². The highest BCUT2D eigenvalue weighted by atomic mass is 15.1. The smallest absolute Gasteiger partial charge is 0.122 e. The van der Waals surface area contributed by atoms with Gasteiger partial charge in [-0.2, -0.15) is 0 Å². The number of pyridine rings is 1. The standard InChI is InChI=1S/C12H16N4/c1-16-9-11(15-12(16)8-13)6-5-10-4-2-3-7-14-10/h2-4,7,9H,5-6,8,13H2,1H3. The average Bonchev–Trinajstić information content (AvgIpc) is 2.69. The van der Waals surface area contributed by atoms with Crippen LogP contribution in [0, 0.1) is 0 Å². The first kappa shape index (κ1) is 10.8. The van der Waals surface area contributed by atoms with Gasteiger partial charge in [0.05, 0.1) is 12.2 Å². The lowest BCUT2D eigenvalue weighted by molar-refractivity contribution is 0.793. The van der Waals surface area contributed by atoms with Gasteiger partial charge in [0, 0.05) is 25.1 Å². The number of hydrogen-bond donors (Lipinski definition) is 1. The number of imidazole rings is 1. The van der Waals surface area contributed by atoms with E-state index in [1.54, 1.807) is 0 Å². The van der Waals surface area contributed by atoms with Crippen LogP contribution in [0.1, 0.15) is 17.2 Å². The Morgan fingerprint density at radius 2 is 2.06 bits per heavy atom. The molecule has 0 atom stereocenters. The molecular weight excluding hydrogens is 200 g/mol. The first-order valence-electron chi connectivity index (χ1n) is 5.40. The Balaban J connectivity index is 2.00. The van der Waals surface area contributed by atoms with Gasteiger partial charge in [0.1, 0.15) is 5.82 Å². The second-order valence-electron chi connectivity index (χ2n) is 3.78. The van der Waals surface area contributed by atoms with Crippen LogP contribution < -0.4 is 5.73 Å². The third-order valence-electron chi connectivity index (χ3n) is 2.57. The van der Waals surface area contributed by atoms with Gasteiger partial charge in [-0.1, -0.05) is 6.07 Å². The molecule has 0 aliphatic rings. The molecule has 84 valence electrons. The zero-order valence-electron chi connectivity index (χ0n) is 9.43. The molecule has 0 radical (unpaired) electrons. The summed E-state index contributed by atoms with van der Waals surface area (Å²) in [7, 11) is 1.97. The van der Waals surface area contributed by atoms with E-state index >= 15 is 0 Å². The summed E-state index contributed by atoms with van der Waals surface area (Å²) in [6, 6.07) is 5.97. The molecule has 2 heterocycles. The fraction of sp³-hybridized carbons (Fsp3) is 0.333. The molecule has 0 saturated carbocycles. The number of nitrogens with zero attached hydrogens (tertiary/aromatic N) is 3. The van der Waals surface area contributed by atoms with Crippen molar-refractivity contribution in [1.82, 2.24) is 14.5 Å². The molecule has 0 aromatic carbocycles. The first-order chi connectivity index (χ1) is 7.79.